The summed E-state index contributed by atoms with van der Waals surface area (Å²) in [5.74, 6) is -0.0304. The zero-order valence-electron chi connectivity index (χ0n) is 16.0. The van der Waals surface area contributed by atoms with Crippen molar-refractivity contribution >= 4 is 40.2 Å². The highest BCUT2D eigenvalue weighted by molar-refractivity contribution is 8.00. The zero-order valence-corrected chi connectivity index (χ0v) is 17.6. The predicted octanol–water partition coefficient (Wildman–Crippen LogP) is 4.52. The molecule has 2 aromatic carbocycles. The fourth-order valence-electron chi connectivity index (χ4n) is 2.85. The van der Waals surface area contributed by atoms with E-state index in [4.69, 9.17) is 17.3 Å². The molecule has 0 saturated carbocycles. The van der Waals surface area contributed by atoms with E-state index in [2.05, 4.69) is 18.8 Å². The molecule has 0 aliphatic heterocycles. The molecule has 3 rings (SSSR count). The Morgan fingerprint density at radius 1 is 1.21 bits per heavy atom. The number of amides is 1. The summed E-state index contributed by atoms with van der Waals surface area (Å²) >= 11 is 7.25. The van der Waals surface area contributed by atoms with E-state index >= 15 is 0 Å². The third-order valence-electron chi connectivity index (χ3n) is 4.82. The lowest BCUT2D eigenvalue weighted by Gasteiger charge is -2.16. The SMILES string of the molecule is CC[C@@H](C)c1ccc(-n2c(S[C@H](C)C(N)=O)nc3ccc(Cl)cc3c2=O)cc1. The van der Waals surface area contributed by atoms with Crippen molar-refractivity contribution in [2.75, 3.05) is 0 Å². The Hall–Kier alpha value is -2.31. The van der Waals surface area contributed by atoms with Crippen molar-refractivity contribution in [3.63, 3.8) is 0 Å². The van der Waals surface area contributed by atoms with Crippen LogP contribution in [0, 0.1) is 0 Å². The fourth-order valence-corrected chi connectivity index (χ4v) is 3.90. The lowest BCUT2D eigenvalue weighted by Crippen LogP contribution is -2.26. The Balaban J connectivity index is 2.21. The third-order valence-corrected chi connectivity index (χ3v) is 6.12. The van der Waals surface area contributed by atoms with Crippen LogP contribution in [0.1, 0.15) is 38.7 Å². The molecule has 0 bridgehead atoms. The molecule has 0 saturated heterocycles. The maximum Gasteiger partial charge on any atom is 0.266 e. The molecule has 1 amide bonds. The molecule has 146 valence electrons. The van der Waals surface area contributed by atoms with Crippen LogP contribution in [0.25, 0.3) is 16.6 Å². The number of thioether (sulfide) groups is 1. The number of benzene rings is 2. The number of primary amides is 1. The highest BCUT2D eigenvalue weighted by atomic mass is 35.5. The largest absolute Gasteiger partial charge is 0.369 e. The molecule has 0 radical (unpaired) electrons. The average Bonchev–Trinajstić information content (AvgIpc) is 2.68. The molecule has 0 aliphatic carbocycles. The first-order chi connectivity index (χ1) is 13.3. The minimum atomic E-state index is -0.526. The van der Waals surface area contributed by atoms with Gasteiger partial charge in [-0.25, -0.2) is 4.98 Å². The van der Waals surface area contributed by atoms with E-state index in [-0.39, 0.29) is 5.56 Å². The van der Waals surface area contributed by atoms with Gasteiger partial charge in [-0.1, -0.05) is 49.3 Å². The molecule has 0 fully saturated rings. The number of halogens is 1. The summed E-state index contributed by atoms with van der Waals surface area (Å²) in [6.07, 6.45) is 1.03. The molecule has 2 N–H and O–H groups in total. The summed E-state index contributed by atoms with van der Waals surface area (Å²) in [5.41, 5.74) is 7.60. The van der Waals surface area contributed by atoms with Gasteiger partial charge in [-0.15, -0.1) is 0 Å². The van der Waals surface area contributed by atoms with Crippen LogP contribution in [0.2, 0.25) is 5.02 Å². The molecule has 2 atom stereocenters. The average molecular weight is 416 g/mol. The Kier molecular flexibility index (Phi) is 6.10. The number of hydrogen-bond donors (Lipinski definition) is 1. The molecule has 0 aliphatic rings. The smallest absolute Gasteiger partial charge is 0.266 e. The summed E-state index contributed by atoms with van der Waals surface area (Å²) < 4.78 is 1.52. The molecule has 7 heteroatoms. The van der Waals surface area contributed by atoms with Gasteiger partial charge < -0.3 is 5.73 Å². The number of hydrogen-bond acceptors (Lipinski definition) is 4. The van der Waals surface area contributed by atoms with Crippen molar-refractivity contribution in [3.8, 4) is 5.69 Å². The second kappa shape index (κ2) is 8.37. The maximum absolute atomic E-state index is 13.3. The maximum atomic E-state index is 13.3. The van der Waals surface area contributed by atoms with Gasteiger partial charge in [0.2, 0.25) is 5.91 Å². The van der Waals surface area contributed by atoms with Crippen molar-refractivity contribution in [2.24, 2.45) is 5.73 Å². The standard InChI is InChI=1S/C21H22ClN3O2S/c1-4-12(2)14-5-8-16(9-6-14)25-20(27)17-11-15(22)7-10-18(17)24-21(25)28-13(3)19(23)26/h5-13H,4H2,1-3H3,(H2,23,26)/t12-,13-/m1/s1. The first-order valence-electron chi connectivity index (χ1n) is 9.10. The van der Waals surface area contributed by atoms with Crippen LogP contribution in [0.5, 0.6) is 0 Å². The first-order valence-corrected chi connectivity index (χ1v) is 10.4. The van der Waals surface area contributed by atoms with E-state index in [1.807, 2.05) is 24.3 Å². The van der Waals surface area contributed by atoms with Crippen molar-refractivity contribution < 1.29 is 4.79 Å². The molecule has 1 aromatic heterocycles. The number of carbonyl (C=O) groups excluding carboxylic acids is 1. The summed E-state index contributed by atoms with van der Waals surface area (Å²) in [5, 5.41) is 0.787. The summed E-state index contributed by atoms with van der Waals surface area (Å²) in [7, 11) is 0. The van der Waals surface area contributed by atoms with Crippen LogP contribution in [0.15, 0.2) is 52.4 Å². The highest BCUT2D eigenvalue weighted by Crippen LogP contribution is 2.27. The molecule has 28 heavy (non-hydrogen) atoms. The number of rotatable bonds is 6. The quantitative estimate of drug-likeness (QED) is 0.474. The number of fused-ring (bicyclic) bond motifs is 1. The molecule has 3 aromatic rings. The van der Waals surface area contributed by atoms with Crippen molar-refractivity contribution in [1.82, 2.24) is 9.55 Å². The van der Waals surface area contributed by atoms with E-state index in [0.717, 1.165) is 6.42 Å². The van der Waals surface area contributed by atoms with Crippen molar-refractivity contribution in [1.29, 1.82) is 0 Å². The van der Waals surface area contributed by atoms with Gasteiger partial charge in [0, 0.05) is 5.02 Å². The summed E-state index contributed by atoms with van der Waals surface area (Å²) in [6, 6.07) is 12.8. The van der Waals surface area contributed by atoms with Crippen LogP contribution >= 0.6 is 23.4 Å². The van der Waals surface area contributed by atoms with E-state index in [0.29, 0.717) is 32.7 Å². The van der Waals surface area contributed by atoms with E-state index in [9.17, 15) is 9.59 Å². The number of nitrogens with two attached hydrogens (primary N) is 1. The van der Waals surface area contributed by atoms with Gasteiger partial charge in [-0.2, -0.15) is 0 Å². The topological polar surface area (TPSA) is 78.0 Å². The van der Waals surface area contributed by atoms with Gasteiger partial charge in [0.25, 0.3) is 5.56 Å². The van der Waals surface area contributed by atoms with Gasteiger partial charge in [-0.3, -0.25) is 14.2 Å². The lowest BCUT2D eigenvalue weighted by molar-refractivity contribution is -0.117. The normalized spacial score (nSPS) is 13.4. The third kappa shape index (κ3) is 4.08. The Morgan fingerprint density at radius 3 is 2.50 bits per heavy atom. The summed E-state index contributed by atoms with van der Waals surface area (Å²) in [4.78, 5) is 29.4. The Labute approximate surface area is 172 Å². The van der Waals surface area contributed by atoms with Gasteiger partial charge in [0.05, 0.1) is 21.8 Å². The van der Waals surface area contributed by atoms with Crippen LogP contribution < -0.4 is 11.3 Å². The van der Waals surface area contributed by atoms with Crippen LogP contribution in [0.3, 0.4) is 0 Å². The van der Waals surface area contributed by atoms with Gasteiger partial charge in [0.1, 0.15) is 0 Å². The van der Waals surface area contributed by atoms with Gasteiger partial charge in [-0.05, 0) is 55.2 Å². The van der Waals surface area contributed by atoms with Crippen LogP contribution in [-0.4, -0.2) is 20.7 Å². The minimum Gasteiger partial charge on any atom is -0.369 e. The Bertz CT molecular complexity index is 1080. The monoisotopic (exact) mass is 415 g/mol. The fraction of sp³-hybridized carbons (Fsp3) is 0.286. The second-order valence-electron chi connectivity index (χ2n) is 6.76. The molecule has 0 unspecified atom stereocenters. The predicted molar refractivity (Wildman–Crippen MR) is 116 cm³/mol. The zero-order chi connectivity index (χ0) is 20.4. The van der Waals surface area contributed by atoms with E-state index < -0.39 is 11.2 Å². The number of aromatic nitrogens is 2. The second-order valence-corrected chi connectivity index (χ2v) is 8.50. The van der Waals surface area contributed by atoms with Crippen LogP contribution in [0.4, 0.5) is 0 Å². The summed E-state index contributed by atoms with van der Waals surface area (Å²) in [6.45, 7) is 6.00. The lowest BCUT2D eigenvalue weighted by atomic mass is 9.98. The van der Waals surface area contributed by atoms with Crippen molar-refractivity contribution in [3.05, 3.63) is 63.4 Å². The van der Waals surface area contributed by atoms with Gasteiger partial charge in [0.15, 0.2) is 5.16 Å². The minimum absolute atomic E-state index is 0.233. The van der Waals surface area contributed by atoms with Crippen LogP contribution in [-0.2, 0) is 4.79 Å². The molecular weight excluding hydrogens is 394 g/mol. The molecule has 5 nitrogen and oxygen atoms in total. The first kappa shape index (κ1) is 20.4. The van der Waals surface area contributed by atoms with Crippen molar-refractivity contribution in [2.45, 2.75) is 43.5 Å². The molecule has 1 heterocycles. The molecular formula is C21H22ClN3O2S. The van der Waals surface area contributed by atoms with Gasteiger partial charge >= 0.3 is 0 Å². The number of carbonyl (C=O) groups is 1. The Morgan fingerprint density at radius 2 is 1.89 bits per heavy atom. The van der Waals surface area contributed by atoms with E-state index in [1.165, 1.54) is 21.9 Å². The highest BCUT2D eigenvalue weighted by Gasteiger charge is 2.19. The number of nitrogens with zero attached hydrogens (tertiary/aromatic N) is 2. The molecule has 0 spiro atoms. The van der Waals surface area contributed by atoms with E-state index in [1.54, 1.807) is 25.1 Å².